The van der Waals surface area contributed by atoms with Crippen LogP contribution in [0.3, 0.4) is 0 Å². The van der Waals surface area contributed by atoms with Crippen molar-refractivity contribution in [1.29, 1.82) is 0 Å². The Labute approximate surface area is 120 Å². The fourth-order valence-corrected chi connectivity index (χ4v) is 2.60. The Morgan fingerprint density at radius 1 is 1.50 bits per heavy atom. The van der Waals surface area contributed by atoms with Gasteiger partial charge in [-0.15, -0.1) is 0 Å². The van der Waals surface area contributed by atoms with E-state index < -0.39 is 0 Å². The van der Waals surface area contributed by atoms with Crippen LogP contribution in [0.1, 0.15) is 37.0 Å². The van der Waals surface area contributed by atoms with Gasteiger partial charge in [-0.25, -0.2) is 9.78 Å². The number of piperidine rings is 1. The molecule has 2 rings (SSSR count). The van der Waals surface area contributed by atoms with Gasteiger partial charge in [0.2, 0.25) is 0 Å². The van der Waals surface area contributed by atoms with Crippen LogP contribution in [0.5, 0.6) is 0 Å². The minimum atomic E-state index is -0.311. The molecule has 1 aromatic rings. The van der Waals surface area contributed by atoms with Crippen LogP contribution in [0.4, 0.5) is 5.82 Å². The zero-order chi connectivity index (χ0) is 14.4. The maximum Gasteiger partial charge on any atom is 0.339 e. The van der Waals surface area contributed by atoms with E-state index in [1.54, 1.807) is 19.2 Å². The summed E-state index contributed by atoms with van der Waals surface area (Å²) in [5, 5.41) is 3.42. The van der Waals surface area contributed by atoms with Crippen molar-refractivity contribution < 1.29 is 9.53 Å². The third kappa shape index (κ3) is 3.48. The number of ether oxygens (including phenoxy) is 1. The van der Waals surface area contributed by atoms with Crippen LogP contribution < -0.4 is 10.2 Å². The molecule has 5 nitrogen and oxygen atoms in total. The molecule has 0 amide bonds. The quantitative estimate of drug-likeness (QED) is 0.832. The number of hydrogen-bond donors (Lipinski definition) is 1. The number of nitrogens with zero attached hydrogens (tertiary/aromatic N) is 2. The molecule has 1 atom stereocenters. The Kier molecular flexibility index (Phi) is 5.35. The van der Waals surface area contributed by atoms with Crippen molar-refractivity contribution >= 4 is 11.8 Å². The van der Waals surface area contributed by atoms with Gasteiger partial charge in [0.15, 0.2) is 0 Å². The standard InChI is InChI=1S/C15H23N3O2/c1-3-18(13-6-5-9-16-11-13)14-8-7-12(10-17-14)15(19)20-4-2/h7-8,10,13,16H,3-6,9,11H2,1-2H3. The maximum absolute atomic E-state index is 11.6. The first-order valence-corrected chi connectivity index (χ1v) is 7.36. The molecular weight excluding hydrogens is 254 g/mol. The summed E-state index contributed by atoms with van der Waals surface area (Å²) in [6, 6.07) is 4.18. The van der Waals surface area contributed by atoms with E-state index in [0.717, 1.165) is 25.5 Å². The van der Waals surface area contributed by atoms with Gasteiger partial charge in [0, 0.05) is 25.3 Å². The average Bonchev–Trinajstić information content (AvgIpc) is 2.50. The molecule has 1 aliphatic heterocycles. The molecule has 0 aromatic carbocycles. The van der Waals surface area contributed by atoms with Crippen LogP contribution in [0.15, 0.2) is 18.3 Å². The Morgan fingerprint density at radius 3 is 2.90 bits per heavy atom. The lowest BCUT2D eigenvalue weighted by atomic mass is 10.1. The number of esters is 1. The number of rotatable bonds is 5. The third-order valence-corrected chi connectivity index (χ3v) is 3.61. The number of pyridine rings is 1. The lowest BCUT2D eigenvalue weighted by Gasteiger charge is -2.34. The summed E-state index contributed by atoms with van der Waals surface area (Å²) < 4.78 is 4.97. The number of nitrogens with one attached hydrogen (secondary N) is 1. The lowest BCUT2D eigenvalue weighted by Crippen LogP contribution is -2.46. The number of anilines is 1. The van der Waals surface area contributed by atoms with Crippen molar-refractivity contribution in [3.8, 4) is 0 Å². The zero-order valence-electron chi connectivity index (χ0n) is 12.3. The van der Waals surface area contributed by atoms with E-state index in [9.17, 15) is 4.79 Å². The minimum absolute atomic E-state index is 0.311. The minimum Gasteiger partial charge on any atom is -0.462 e. The number of carbonyl (C=O) groups excluding carboxylic acids is 1. The predicted molar refractivity (Wildman–Crippen MR) is 79.1 cm³/mol. The SMILES string of the molecule is CCOC(=O)c1ccc(N(CC)C2CCCNC2)nc1. The Hall–Kier alpha value is -1.62. The van der Waals surface area contributed by atoms with Gasteiger partial charge in [-0.2, -0.15) is 0 Å². The first-order valence-electron chi connectivity index (χ1n) is 7.36. The average molecular weight is 277 g/mol. The highest BCUT2D eigenvalue weighted by Crippen LogP contribution is 2.18. The molecule has 110 valence electrons. The molecule has 5 heteroatoms. The van der Waals surface area contributed by atoms with Crippen molar-refractivity contribution in [2.45, 2.75) is 32.7 Å². The largest absolute Gasteiger partial charge is 0.462 e. The molecule has 0 saturated carbocycles. The summed E-state index contributed by atoms with van der Waals surface area (Å²) in [4.78, 5) is 18.3. The van der Waals surface area contributed by atoms with E-state index in [0.29, 0.717) is 18.2 Å². The summed E-state index contributed by atoms with van der Waals surface area (Å²) in [6.07, 6.45) is 3.98. The van der Waals surface area contributed by atoms with Crippen LogP contribution in [-0.2, 0) is 4.74 Å². The molecule has 2 heterocycles. The Balaban J connectivity index is 2.08. The molecule has 1 fully saturated rings. The maximum atomic E-state index is 11.6. The number of carbonyl (C=O) groups is 1. The van der Waals surface area contributed by atoms with Crippen molar-refractivity contribution in [3.63, 3.8) is 0 Å². The molecule has 0 bridgehead atoms. The van der Waals surface area contributed by atoms with Crippen molar-refractivity contribution in [2.24, 2.45) is 0 Å². The summed E-state index contributed by atoms with van der Waals surface area (Å²) in [6.45, 7) is 7.33. The van der Waals surface area contributed by atoms with E-state index in [1.807, 2.05) is 6.07 Å². The molecule has 20 heavy (non-hydrogen) atoms. The van der Waals surface area contributed by atoms with Gasteiger partial charge in [0.1, 0.15) is 5.82 Å². The second-order valence-corrected chi connectivity index (χ2v) is 4.91. The summed E-state index contributed by atoms with van der Waals surface area (Å²) in [7, 11) is 0. The molecule has 0 spiro atoms. The van der Waals surface area contributed by atoms with Crippen LogP contribution in [0, 0.1) is 0 Å². The zero-order valence-corrected chi connectivity index (χ0v) is 12.3. The van der Waals surface area contributed by atoms with Crippen molar-refractivity contribution in [1.82, 2.24) is 10.3 Å². The fraction of sp³-hybridized carbons (Fsp3) is 0.600. The van der Waals surface area contributed by atoms with E-state index in [2.05, 4.69) is 22.1 Å². The van der Waals surface area contributed by atoms with Gasteiger partial charge >= 0.3 is 5.97 Å². The van der Waals surface area contributed by atoms with Crippen molar-refractivity contribution in [3.05, 3.63) is 23.9 Å². The topological polar surface area (TPSA) is 54.5 Å². The molecule has 1 N–H and O–H groups in total. The third-order valence-electron chi connectivity index (χ3n) is 3.61. The highest BCUT2D eigenvalue weighted by Gasteiger charge is 2.21. The van der Waals surface area contributed by atoms with Gasteiger partial charge < -0.3 is 15.0 Å². The fourth-order valence-electron chi connectivity index (χ4n) is 2.60. The van der Waals surface area contributed by atoms with Gasteiger partial charge in [-0.05, 0) is 45.4 Å². The van der Waals surface area contributed by atoms with E-state index in [-0.39, 0.29) is 5.97 Å². The molecule has 0 aliphatic carbocycles. The summed E-state index contributed by atoms with van der Waals surface area (Å²) >= 11 is 0. The molecular formula is C15H23N3O2. The van der Waals surface area contributed by atoms with Crippen molar-refractivity contribution in [2.75, 3.05) is 31.1 Å². The van der Waals surface area contributed by atoms with Crippen LogP contribution in [-0.4, -0.2) is 43.2 Å². The number of likely N-dealkylation sites (N-methyl/N-ethyl adjacent to an activating group) is 1. The smallest absolute Gasteiger partial charge is 0.339 e. The lowest BCUT2D eigenvalue weighted by molar-refractivity contribution is 0.0526. The second kappa shape index (κ2) is 7.24. The number of hydrogen-bond acceptors (Lipinski definition) is 5. The normalized spacial score (nSPS) is 18.6. The summed E-state index contributed by atoms with van der Waals surface area (Å²) in [5.74, 6) is 0.614. The highest BCUT2D eigenvalue weighted by molar-refractivity contribution is 5.89. The molecule has 1 aromatic heterocycles. The van der Waals surface area contributed by atoms with Gasteiger partial charge in [-0.1, -0.05) is 0 Å². The first-order chi connectivity index (χ1) is 9.76. The van der Waals surface area contributed by atoms with E-state index in [4.69, 9.17) is 4.74 Å². The first kappa shape index (κ1) is 14.8. The predicted octanol–water partition coefficient (Wildman–Crippen LogP) is 1.84. The molecule has 1 unspecified atom stereocenters. The molecule has 0 radical (unpaired) electrons. The van der Waals surface area contributed by atoms with Gasteiger partial charge in [0.05, 0.1) is 12.2 Å². The number of aromatic nitrogens is 1. The van der Waals surface area contributed by atoms with Crippen LogP contribution in [0.25, 0.3) is 0 Å². The molecule has 1 saturated heterocycles. The Bertz CT molecular complexity index is 427. The van der Waals surface area contributed by atoms with Crippen LogP contribution in [0.2, 0.25) is 0 Å². The monoisotopic (exact) mass is 277 g/mol. The van der Waals surface area contributed by atoms with Gasteiger partial charge in [0.25, 0.3) is 0 Å². The molecule has 1 aliphatic rings. The van der Waals surface area contributed by atoms with E-state index >= 15 is 0 Å². The van der Waals surface area contributed by atoms with E-state index in [1.165, 1.54) is 12.8 Å². The highest BCUT2D eigenvalue weighted by atomic mass is 16.5. The second-order valence-electron chi connectivity index (χ2n) is 4.91. The van der Waals surface area contributed by atoms with Gasteiger partial charge in [-0.3, -0.25) is 0 Å². The van der Waals surface area contributed by atoms with Crippen LogP contribution >= 0.6 is 0 Å². The Morgan fingerprint density at radius 2 is 2.35 bits per heavy atom. The summed E-state index contributed by atoms with van der Waals surface area (Å²) in [5.41, 5.74) is 0.508.